The van der Waals surface area contributed by atoms with E-state index >= 15 is 0 Å². The molecule has 0 bridgehead atoms. The van der Waals surface area contributed by atoms with Crippen molar-refractivity contribution in [2.75, 3.05) is 0 Å². The molecule has 0 amide bonds. The van der Waals surface area contributed by atoms with Crippen molar-refractivity contribution in [1.29, 1.82) is 0 Å². The molecule has 0 atom stereocenters. The lowest BCUT2D eigenvalue weighted by Gasteiger charge is -1.81. The summed E-state index contributed by atoms with van der Waals surface area (Å²) in [7, 11) is 0. The van der Waals surface area contributed by atoms with E-state index in [4.69, 9.17) is 0 Å². The van der Waals surface area contributed by atoms with Crippen LogP contribution in [0.5, 0.6) is 0 Å². The van der Waals surface area contributed by atoms with Crippen LogP contribution in [0.3, 0.4) is 0 Å². The Balaban J connectivity index is 0.000000605. The first kappa shape index (κ1) is 7.93. The third kappa shape index (κ3) is 1.45. The fourth-order valence-electron chi connectivity index (χ4n) is 0.697. The van der Waals surface area contributed by atoms with Gasteiger partial charge in [0.25, 0.3) is 6.33 Å². The van der Waals surface area contributed by atoms with Gasteiger partial charge in [0, 0.05) is 0 Å². The lowest BCUT2D eigenvalue weighted by atomic mass is 10.5. The summed E-state index contributed by atoms with van der Waals surface area (Å²) in [6, 6.07) is 0. The van der Waals surface area contributed by atoms with Crippen molar-refractivity contribution in [3.8, 4) is 0 Å². The number of halogens is 1. The maximum atomic E-state index is 3.96. The summed E-state index contributed by atoms with van der Waals surface area (Å²) in [6.45, 7) is 0. The van der Waals surface area contributed by atoms with Gasteiger partial charge in [-0.05, 0) is 10.2 Å². The van der Waals surface area contributed by atoms with Crippen molar-refractivity contribution < 1.29 is 22.0 Å². The van der Waals surface area contributed by atoms with Crippen LogP contribution in [0.25, 0.3) is 11.0 Å². The molecule has 2 aromatic heterocycles. The minimum absolute atomic E-state index is 0. The summed E-state index contributed by atoms with van der Waals surface area (Å²) in [5.41, 5.74) is 1.46. The molecule has 0 aliphatic carbocycles. The molecule has 0 aliphatic rings. The molecule has 6 heteroatoms. The van der Waals surface area contributed by atoms with Crippen molar-refractivity contribution in [2.24, 2.45) is 0 Å². The Hall–Kier alpha value is -1.17. The lowest BCUT2D eigenvalue weighted by molar-refractivity contribution is -0.380. The van der Waals surface area contributed by atoms with Gasteiger partial charge in [-0.15, -0.1) is 10.2 Å². The van der Waals surface area contributed by atoms with Gasteiger partial charge in [0.15, 0.2) is 5.52 Å². The molecule has 0 radical (unpaired) electrons. The van der Waals surface area contributed by atoms with E-state index in [2.05, 4.69) is 25.4 Å². The van der Waals surface area contributed by atoms with Crippen molar-refractivity contribution >= 4 is 11.0 Å². The normalized spacial score (nSPS) is 9.09. The quantitative estimate of drug-likeness (QED) is 0.451. The molecule has 0 saturated carbocycles. The van der Waals surface area contributed by atoms with E-state index < -0.39 is 0 Å². The Labute approximate surface area is 72.7 Å². The molecule has 0 aromatic carbocycles. The molecule has 0 fully saturated rings. The predicted molar refractivity (Wildman–Crippen MR) is 31.7 cm³/mol. The van der Waals surface area contributed by atoms with Gasteiger partial charge in [0.1, 0.15) is 12.4 Å². The Morgan fingerprint density at radius 3 is 3.00 bits per heavy atom. The number of aromatic amines is 1. The van der Waals surface area contributed by atoms with Crippen LogP contribution < -0.4 is 22.0 Å². The zero-order valence-corrected chi connectivity index (χ0v) is 6.98. The average molecular weight is 214 g/mol. The standard InChI is InChI=1S/C5H3N5.BrH/c1-5-4(7-3-6-1)2-8-10-9-5;/h1-3H;1H. The topological polar surface area (TPSA) is 65.7 Å². The molecule has 5 nitrogen and oxygen atoms in total. The van der Waals surface area contributed by atoms with Crippen LogP contribution in [0.4, 0.5) is 0 Å². The van der Waals surface area contributed by atoms with Crippen LogP contribution >= 0.6 is 0 Å². The molecule has 56 valence electrons. The zero-order chi connectivity index (χ0) is 6.81. The molecule has 2 rings (SSSR count). The minimum atomic E-state index is 0. The van der Waals surface area contributed by atoms with E-state index in [9.17, 15) is 0 Å². The second-order valence-corrected chi connectivity index (χ2v) is 1.77. The number of hydrogen-bond donors (Lipinski definition) is 0. The number of H-pyrrole nitrogens is 1. The predicted octanol–water partition coefficient (Wildman–Crippen LogP) is -3.76. The Kier molecular flexibility index (Phi) is 2.37. The zero-order valence-electron chi connectivity index (χ0n) is 5.40. The minimum Gasteiger partial charge on any atom is -1.00 e. The van der Waals surface area contributed by atoms with Crippen LogP contribution in [0, 0.1) is 0 Å². The highest BCUT2D eigenvalue weighted by Gasteiger charge is 1.98. The molecule has 2 heterocycles. The summed E-state index contributed by atoms with van der Waals surface area (Å²) < 4.78 is 0. The highest BCUT2D eigenvalue weighted by Crippen LogP contribution is 1.97. The monoisotopic (exact) mass is 213 g/mol. The SMILES string of the molecule is [Br-].c1nc2cnnnc2c[nH+]1. The van der Waals surface area contributed by atoms with Gasteiger partial charge in [0.05, 0.1) is 0 Å². The number of aromatic nitrogens is 5. The summed E-state index contributed by atoms with van der Waals surface area (Å²) in [4.78, 5) is 6.75. The van der Waals surface area contributed by atoms with E-state index in [0.717, 1.165) is 11.0 Å². The first-order valence-corrected chi connectivity index (χ1v) is 2.77. The first-order chi connectivity index (χ1) is 4.97. The van der Waals surface area contributed by atoms with Gasteiger partial charge in [-0.1, -0.05) is 0 Å². The lowest BCUT2D eigenvalue weighted by Crippen LogP contribution is -3.00. The molecule has 11 heavy (non-hydrogen) atoms. The largest absolute Gasteiger partial charge is 1.00 e. The van der Waals surface area contributed by atoms with Crippen LogP contribution in [0.15, 0.2) is 18.7 Å². The summed E-state index contributed by atoms with van der Waals surface area (Å²) in [6.07, 6.45) is 4.86. The van der Waals surface area contributed by atoms with E-state index in [1.54, 1.807) is 18.7 Å². The van der Waals surface area contributed by atoms with Crippen molar-refractivity contribution in [2.45, 2.75) is 0 Å². The fourth-order valence-corrected chi connectivity index (χ4v) is 0.697. The van der Waals surface area contributed by atoms with E-state index in [1.807, 2.05) is 0 Å². The van der Waals surface area contributed by atoms with Crippen LogP contribution in [-0.4, -0.2) is 20.4 Å². The third-order valence-electron chi connectivity index (χ3n) is 1.14. The fraction of sp³-hybridized carbons (Fsp3) is 0. The highest BCUT2D eigenvalue weighted by molar-refractivity contribution is 5.69. The van der Waals surface area contributed by atoms with E-state index in [0.29, 0.717) is 0 Å². The number of hydrogen-bond acceptors (Lipinski definition) is 4. The molecule has 2 aromatic rings. The van der Waals surface area contributed by atoms with Crippen LogP contribution in [0.2, 0.25) is 0 Å². The van der Waals surface area contributed by atoms with Crippen molar-refractivity contribution in [3.05, 3.63) is 18.7 Å². The van der Waals surface area contributed by atoms with Gasteiger partial charge in [0.2, 0.25) is 5.52 Å². The van der Waals surface area contributed by atoms with Gasteiger partial charge >= 0.3 is 0 Å². The van der Waals surface area contributed by atoms with Gasteiger partial charge < -0.3 is 17.0 Å². The molecule has 0 unspecified atom stereocenters. The van der Waals surface area contributed by atoms with Gasteiger partial charge in [-0.2, -0.15) is 0 Å². The van der Waals surface area contributed by atoms with Gasteiger partial charge in [-0.3, -0.25) is 0 Å². The highest BCUT2D eigenvalue weighted by atomic mass is 79.9. The van der Waals surface area contributed by atoms with E-state index in [-0.39, 0.29) is 17.0 Å². The number of nitrogens with zero attached hydrogens (tertiary/aromatic N) is 4. The van der Waals surface area contributed by atoms with Gasteiger partial charge in [-0.25, -0.2) is 4.98 Å². The number of fused-ring (bicyclic) bond motifs is 1. The van der Waals surface area contributed by atoms with E-state index in [1.165, 1.54) is 0 Å². The van der Waals surface area contributed by atoms with Crippen molar-refractivity contribution in [1.82, 2.24) is 20.4 Å². The maximum Gasteiger partial charge on any atom is 0.284 e. The van der Waals surface area contributed by atoms with Crippen LogP contribution in [-0.2, 0) is 0 Å². The number of nitrogens with one attached hydrogen (secondary N) is 1. The molecule has 0 saturated heterocycles. The molecule has 0 aliphatic heterocycles. The third-order valence-corrected chi connectivity index (χ3v) is 1.14. The summed E-state index contributed by atoms with van der Waals surface area (Å²) in [5.74, 6) is 0. The molecule has 0 spiro atoms. The first-order valence-electron chi connectivity index (χ1n) is 2.77. The average Bonchev–Trinajstić information content (AvgIpc) is 2.05. The smallest absolute Gasteiger partial charge is 0.284 e. The molecular formula is C5H4BrN5. The second-order valence-electron chi connectivity index (χ2n) is 1.77. The Morgan fingerprint density at radius 1 is 1.27 bits per heavy atom. The Morgan fingerprint density at radius 2 is 2.18 bits per heavy atom. The number of rotatable bonds is 0. The van der Waals surface area contributed by atoms with Crippen LogP contribution in [0.1, 0.15) is 0 Å². The molecular weight excluding hydrogens is 210 g/mol. The Bertz CT molecular complexity index is 286. The maximum absolute atomic E-state index is 3.96. The summed E-state index contributed by atoms with van der Waals surface area (Å²) >= 11 is 0. The second kappa shape index (κ2) is 3.29. The summed E-state index contributed by atoms with van der Waals surface area (Å²) in [5, 5.41) is 10.8. The van der Waals surface area contributed by atoms with Crippen molar-refractivity contribution in [3.63, 3.8) is 0 Å². The molecule has 1 N–H and O–H groups in total.